The molecule has 0 bridgehead atoms. The van der Waals surface area contributed by atoms with E-state index in [-0.39, 0.29) is 29.0 Å². The quantitative estimate of drug-likeness (QED) is 0.341. The van der Waals surface area contributed by atoms with E-state index in [4.69, 9.17) is 21.7 Å². The minimum absolute atomic E-state index is 0.108. The molecular formula is C26H25N3O4S2. The van der Waals surface area contributed by atoms with E-state index in [1.54, 1.807) is 42.5 Å². The Hall–Kier alpha value is -3.17. The van der Waals surface area contributed by atoms with Gasteiger partial charge in [0.15, 0.2) is 11.5 Å². The van der Waals surface area contributed by atoms with Crippen LogP contribution in [0.3, 0.4) is 0 Å². The van der Waals surface area contributed by atoms with E-state index in [0.29, 0.717) is 26.4 Å². The number of fused-ring (bicyclic) bond motifs is 1. The monoisotopic (exact) mass is 507 g/mol. The molecule has 5 rings (SSSR count). The lowest BCUT2D eigenvalue weighted by Crippen LogP contribution is -2.39. The van der Waals surface area contributed by atoms with Crippen molar-refractivity contribution in [1.29, 1.82) is 0 Å². The molecule has 2 fully saturated rings. The third-order valence-corrected chi connectivity index (χ3v) is 7.69. The zero-order chi connectivity index (χ0) is 24.5. The molecule has 0 unspecified atom stereocenters. The smallest absolute Gasteiger partial charge is 0.269 e. The first-order chi connectivity index (χ1) is 17.0. The van der Waals surface area contributed by atoms with E-state index in [1.165, 1.54) is 22.6 Å². The highest BCUT2D eigenvalue weighted by Gasteiger charge is 2.38. The van der Waals surface area contributed by atoms with Crippen molar-refractivity contribution in [3.8, 4) is 17.4 Å². The van der Waals surface area contributed by atoms with Gasteiger partial charge in [-0.05, 0) is 49.6 Å². The Morgan fingerprint density at radius 2 is 1.83 bits per heavy atom. The number of para-hydroxylation sites is 2. The lowest BCUT2D eigenvalue weighted by Gasteiger charge is -2.29. The highest BCUT2D eigenvalue weighted by atomic mass is 32.2. The van der Waals surface area contributed by atoms with Crippen LogP contribution in [0.4, 0.5) is 0 Å². The second-order valence-corrected chi connectivity index (χ2v) is 10.3. The summed E-state index contributed by atoms with van der Waals surface area (Å²) >= 11 is 6.79. The maximum absolute atomic E-state index is 13.6. The molecule has 9 heteroatoms. The number of pyridine rings is 1. The Morgan fingerprint density at radius 3 is 2.57 bits per heavy atom. The molecule has 0 atom stereocenters. The van der Waals surface area contributed by atoms with E-state index in [2.05, 4.69) is 4.98 Å². The predicted octanol–water partition coefficient (Wildman–Crippen LogP) is 5.34. The molecule has 2 aromatic heterocycles. The molecule has 2 aliphatic rings. The summed E-state index contributed by atoms with van der Waals surface area (Å²) in [5.41, 5.74) is 1.16. The van der Waals surface area contributed by atoms with E-state index >= 15 is 0 Å². The number of nitrogens with zero attached hydrogens (tertiary/aromatic N) is 3. The number of benzene rings is 1. The van der Waals surface area contributed by atoms with E-state index in [0.717, 1.165) is 31.2 Å². The number of ether oxygens (including phenoxy) is 2. The predicted molar refractivity (Wildman–Crippen MR) is 141 cm³/mol. The molecule has 35 heavy (non-hydrogen) atoms. The van der Waals surface area contributed by atoms with Gasteiger partial charge in [0.05, 0.1) is 12.0 Å². The summed E-state index contributed by atoms with van der Waals surface area (Å²) in [5, 5.41) is 0. The van der Waals surface area contributed by atoms with Gasteiger partial charge in [0, 0.05) is 12.2 Å². The molecule has 3 heterocycles. The average Bonchev–Trinajstić information content (AvgIpc) is 3.15. The summed E-state index contributed by atoms with van der Waals surface area (Å²) in [5.74, 6) is 0.874. The molecule has 1 aliphatic carbocycles. The van der Waals surface area contributed by atoms with Crippen molar-refractivity contribution in [3.05, 3.63) is 69.0 Å². The van der Waals surface area contributed by atoms with Gasteiger partial charge in [-0.2, -0.15) is 4.98 Å². The van der Waals surface area contributed by atoms with Crippen molar-refractivity contribution in [2.45, 2.75) is 45.1 Å². The topological polar surface area (TPSA) is 73.1 Å². The molecule has 7 nitrogen and oxygen atoms in total. The summed E-state index contributed by atoms with van der Waals surface area (Å²) in [4.78, 5) is 33.8. The Kier molecular flexibility index (Phi) is 6.62. The molecular weight excluding hydrogens is 482 g/mol. The second kappa shape index (κ2) is 9.83. The van der Waals surface area contributed by atoms with Crippen LogP contribution in [0.1, 0.15) is 43.2 Å². The summed E-state index contributed by atoms with van der Waals surface area (Å²) in [6.45, 7) is 1.88. The first-order valence-electron chi connectivity index (χ1n) is 11.6. The fourth-order valence-corrected chi connectivity index (χ4v) is 5.95. The Labute approximate surface area is 212 Å². The number of carbonyl (C=O) groups is 1. The molecule has 180 valence electrons. The van der Waals surface area contributed by atoms with Crippen LogP contribution in [0, 0.1) is 6.92 Å². The van der Waals surface area contributed by atoms with Crippen molar-refractivity contribution in [1.82, 2.24) is 14.3 Å². The van der Waals surface area contributed by atoms with Crippen molar-refractivity contribution < 1.29 is 14.3 Å². The lowest BCUT2D eigenvalue weighted by molar-refractivity contribution is -0.124. The van der Waals surface area contributed by atoms with Gasteiger partial charge in [-0.15, -0.1) is 0 Å². The van der Waals surface area contributed by atoms with Crippen molar-refractivity contribution in [2.75, 3.05) is 7.11 Å². The highest BCUT2D eigenvalue weighted by Crippen LogP contribution is 2.38. The van der Waals surface area contributed by atoms with Gasteiger partial charge in [-0.25, -0.2) is 0 Å². The number of hydrogen-bond acceptors (Lipinski definition) is 7. The first kappa shape index (κ1) is 23.6. The van der Waals surface area contributed by atoms with Crippen LogP contribution in [0.25, 0.3) is 11.7 Å². The maximum Gasteiger partial charge on any atom is 0.269 e. The van der Waals surface area contributed by atoms with E-state index in [9.17, 15) is 9.59 Å². The zero-order valence-corrected chi connectivity index (χ0v) is 21.2. The van der Waals surface area contributed by atoms with Crippen molar-refractivity contribution in [2.24, 2.45) is 0 Å². The van der Waals surface area contributed by atoms with Crippen LogP contribution in [-0.2, 0) is 4.79 Å². The highest BCUT2D eigenvalue weighted by molar-refractivity contribution is 8.26. The maximum atomic E-state index is 13.6. The normalized spacial score (nSPS) is 18.0. The Balaban J connectivity index is 1.62. The molecule has 0 N–H and O–H groups in total. The molecule has 1 aromatic carbocycles. The fourth-order valence-electron chi connectivity index (χ4n) is 4.57. The number of thioether (sulfide) groups is 1. The fraction of sp³-hybridized carbons (Fsp3) is 0.308. The SMILES string of the molecule is COc1ccccc1Oc1nc2c(C)cccn2c(=O)c1/C=C1/SC(=S)N(C2CCCCC2)C1=O. The summed E-state index contributed by atoms with van der Waals surface area (Å²) < 4.78 is 13.5. The number of aryl methyl sites for hydroxylation is 1. The zero-order valence-electron chi connectivity index (χ0n) is 19.5. The number of thiocarbonyl (C=S) groups is 1. The molecule has 1 amide bonds. The van der Waals surface area contributed by atoms with Gasteiger partial charge in [0.25, 0.3) is 11.5 Å². The van der Waals surface area contributed by atoms with Gasteiger partial charge >= 0.3 is 0 Å². The Bertz CT molecular complexity index is 1410. The van der Waals surface area contributed by atoms with E-state index in [1.807, 2.05) is 25.1 Å². The van der Waals surface area contributed by atoms with Crippen LogP contribution >= 0.6 is 24.0 Å². The second-order valence-electron chi connectivity index (χ2n) is 8.62. The molecule has 1 aliphatic heterocycles. The number of hydrogen-bond donors (Lipinski definition) is 0. The van der Waals surface area contributed by atoms with Crippen LogP contribution in [-0.4, -0.2) is 37.7 Å². The summed E-state index contributed by atoms with van der Waals surface area (Å²) in [6, 6.07) is 10.9. The largest absolute Gasteiger partial charge is 0.493 e. The van der Waals surface area contributed by atoms with E-state index < -0.39 is 0 Å². The first-order valence-corrected chi connectivity index (χ1v) is 12.8. The number of aromatic nitrogens is 2. The Morgan fingerprint density at radius 1 is 1.09 bits per heavy atom. The molecule has 1 saturated carbocycles. The molecule has 0 radical (unpaired) electrons. The number of carbonyl (C=O) groups excluding carboxylic acids is 1. The van der Waals surface area contributed by atoms with Crippen LogP contribution in [0.15, 0.2) is 52.3 Å². The van der Waals surface area contributed by atoms with Crippen molar-refractivity contribution in [3.63, 3.8) is 0 Å². The van der Waals surface area contributed by atoms with Gasteiger partial charge in [-0.3, -0.25) is 18.9 Å². The minimum Gasteiger partial charge on any atom is -0.493 e. The van der Waals surface area contributed by atoms with Crippen LogP contribution < -0.4 is 15.0 Å². The van der Waals surface area contributed by atoms with Gasteiger partial charge in [-0.1, -0.05) is 61.4 Å². The third kappa shape index (κ3) is 4.46. The number of rotatable bonds is 5. The average molecular weight is 508 g/mol. The van der Waals surface area contributed by atoms with Crippen molar-refractivity contribution >= 4 is 45.9 Å². The molecule has 3 aromatic rings. The summed E-state index contributed by atoms with van der Waals surface area (Å²) in [6.07, 6.45) is 8.48. The number of methoxy groups -OCH3 is 1. The molecule has 0 spiro atoms. The van der Waals surface area contributed by atoms with Gasteiger partial charge in [0.1, 0.15) is 15.5 Å². The molecule has 1 saturated heterocycles. The van der Waals surface area contributed by atoms with Gasteiger partial charge in [0.2, 0.25) is 5.88 Å². The van der Waals surface area contributed by atoms with Crippen LogP contribution in [0.2, 0.25) is 0 Å². The standard InChI is InChI=1S/C26H25N3O4S2/c1-16-9-8-14-28-22(16)27-23(33-20-13-7-6-12-19(20)32-2)18(24(28)30)15-21-25(31)29(26(34)35-21)17-10-4-3-5-11-17/h6-9,12-15,17H,3-5,10-11H2,1-2H3/b21-15+. The van der Waals surface area contributed by atoms with Gasteiger partial charge < -0.3 is 9.47 Å². The minimum atomic E-state index is -0.327. The summed E-state index contributed by atoms with van der Waals surface area (Å²) in [7, 11) is 1.55. The number of amides is 1. The lowest BCUT2D eigenvalue weighted by atomic mass is 9.94. The third-order valence-electron chi connectivity index (χ3n) is 6.36. The van der Waals surface area contributed by atoms with Crippen LogP contribution in [0.5, 0.6) is 17.4 Å².